The van der Waals surface area contributed by atoms with Gasteiger partial charge in [-0.2, -0.15) is 0 Å². The van der Waals surface area contributed by atoms with Crippen LogP contribution in [0.25, 0.3) is 0 Å². The van der Waals surface area contributed by atoms with Gasteiger partial charge in [-0.25, -0.2) is 4.39 Å². The Labute approximate surface area is 194 Å². The summed E-state index contributed by atoms with van der Waals surface area (Å²) in [6.07, 6.45) is 0. The third kappa shape index (κ3) is 6.10. The third-order valence-corrected chi connectivity index (χ3v) is 8.20. The molecule has 0 bridgehead atoms. The summed E-state index contributed by atoms with van der Waals surface area (Å²) in [6, 6.07) is 15.9. The summed E-state index contributed by atoms with van der Waals surface area (Å²) < 4.78 is 14.5. The quantitative estimate of drug-likeness (QED) is 0.255. The number of hydrogen-bond donors (Lipinski definition) is 1. The van der Waals surface area contributed by atoms with Gasteiger partial charge in [0.05, 0.1) is 0 Å². The molecular formula is C20H16FN5OS4. The SMILES string of the molecule is Cc1nnc(S[C@H](C(=O)Nc2nnc(SCc3ccc(F)cc3)s2)c2ccccc2)s1. The van der Waals surface area contributed by atoms with Gasteiger partial charge >= 0.3 is 0 Å². The third-order valence-electron chi connectivity index (χ3n) is 3.98. The largest absolute Gasteiger partial charge is 0.299 e. The van der Waals surface area contributed by atoms with Crippen molar-refractivity contribution in [3.63, 3.8) is 0 Å². The van der Waals surface area contributed by atoms with Crippen LogP contribution in [0.15, 0.2) is 63.3 Å². The van der Waals surface area contributed by atoms with E-state index in [2.05, 4.69) is 25.7 Å². The number of amides is 1. The molecule has 0 aliphatic heterocycles. The molecule has 0 saturated heterocycles. The Kier molecular flexibility index (Phi) is 7.28. The Morgan fingerprint density at radius 2 is 1.74 bits per heavy atom. The number of thioether (sulfide) groups is 2. The minimum atomic E-state index is -0.493. The van der Waals surface area contributed by atoms with Crippen molar-refractivity contribution in [1.82, 2.24) is 20.4 Å². The predicted octanol–water partition coefficient (Wildman–Crippen LogP) is 5.60. The zero-order chi connectivity index (χ0) is 21.6. The number of nitrogens with zero attached hydrogens (tertiary/aromatic N) is 4. The zero-order valence-corrected chi connectivity index (χ0v) is 19.5. The van der Waals surface area contributed by atoms with Crippen LogP contribution >= 0.6 is 46.2 Å². The number of benzene rings is 2. The number of rotatable bonds is 8. The highest BCUT2D eigenvalue weighted by Gasteiger charge is 2.25. The molecule has 0 saturated carbocycles. The minimum Gasteiger partial charge on any atom is -0.299 e. The number of carbonyl (C=O) groups excluding carboxylic acids is 1. The summed E-state index contributed by atoms with van der Waals surface area (Å²) in [5.74, 6) is 0.182. The van der Waals surface area contributed by atoms with Gasteiger partial charge in [-0.15, -0.1) is 20.4 Å². The first kappa shape index (κ1) is 21.9. The van der Waals surface area contributed by atoms with Crippen LogP contribution in [0.5, 0.6) is 0 Å². The van der Waals surface area contributed by atoms with E-state index in [1.807, 2.05) is 37.3 Å². The average Bonchev–Trinajstić information content (AvgIpc) is 3.40. The maximum atomic E-state index is 13.1. The summed E-state index contributed by atoms with van der Waals surface area (Å²) in [6.45, 7) is 1.88. The average molecular weight is 490 g/mol. The van der Waals surface area contributed by atoms with E-state index in [0.717, 1.165) is 24.8 Å². The van der Waals surface area contributed by atoms with Crippen LogP contribution in [0.4, 0.5) is 9.52 Å². The first-order valence-corrected chi connectivity index (χ1v) is 12.6. The molecule has 0 aliphatic carbocycles. The van der Waals surface area contributed by atoms with Gasteiger partial charge in [-0.3, -0.25) is 10.1 Å². The van der Waals surface area contributed by atoms with E-state index in [0.29, 0.717) is 10.9 Å². The summed E-state index contributed by atoms with van der Waals surface area (Å²) in [5, 5.41) is 20.1. The van der Waals surface area contributed by atoms with Crippen molar-refractivity contribution in [2.75, 3.05) is 5.32 Å². The van der Waals surface area contributed by atoms with Gasteiger partial charge in [0, 0.05) is 5.75 Å². The molecule has 2 aromatic carbocycles. The first-order valence-electron chi connectivity index (χ1n) is 9.10. The van der Waals surface area contributed by atoms with Gasteiger partial charge in [0.15, 0.2) is 8.68 Å². The van der Waals surface area contributed by atoms with Crippen LogP contribution < -0.4 is 5.32 Å². The fourth-order valence-corrected chi connectivity index (χ4v) is 6.26. The standard InChI is InChI=1S/C20H16FN5OS4/c1-12-23-26-20(29-12)30-16(14-5-3-2-4-6-14)17(27)22-18-24-25-19(31-18)28-11-13-7-9-15(21)10-8-13/h2-10,16H,11H2,1H3,(H,22,24,27)/t16-/m0/s1. The highest BCUT2D eigenvalue weighted by molar-refractivity contribution is 8.02. The van der Waals surface area contributed by atoms with Gasteiger partial charge < -0.3 is 0 Å². The van der Waals surface area contributed by atoms with Crippen molar-refractivity contribution >= 4 is 57.2 Å². The van der Waals surface area contributed by atoms with Crippen molar-refractivity contribution in [1.29, 1.82) is 0 Å². The van der Waals surface area contributed by atoms with E-state index in [9.17, 15) is 9.18 Å². The Bertz CT molecular complexity index is 1150. The molecule has 0 fully saturated rings. The van der Waals surface area contributed by atoms with Crippen LogP contribution in [0.1, 0.15) is 21.4 Å². The number of carbonyl (C=O) groups is 1. The summed E-state index contributed by atoms with van der Waals surface area (Å²) in [4.78, 5) is 13.1. The summed E-state index contributed by atoms with van der Waals surface area (Å²) >= 11 is 5.60. The minimum absolute atomic E-state index is 0.199. The number of halogens is 1. The smallest absolute Gasteiger partial charge is 0.244 e. The maximum Gasteiger partial charge on any atom is 0.244 e. The first-order chi connectivity index (χ1) is 15.1. The van der Waals surface area contributed by atoms with Crippen LogP contribution in [0, 0.1) is 12.7 Å². The molecule has 0 radical (unpaired) electrons. The van der Waals surface area contributed by atoms with E-state index < -0.39 is 5.25 Å². The molecule has 0 spiro atoms. The summed E-state index contributed by atoms with van der Waals surface area (Å²) in [7, 11) is 0. The molecule has 11 heteroatoms. The number of hydrogen-bond acceptors (Lipinski definition) is 9. The second-order valence-electron chi connectivity index (χ2n) is 6.27. The zero-order valence-electron chi connectivity index (χ0n) is 16.2. The van der Waals surface area contributed by atoms with Crippen molar-refractivity contribution in [2.24, 2.45) is 0 Å². The Morgan fingerprint density at radius 1 is 1.00 bits per heavy atom. The van der Waals surface area contributed by atoms with Gasteiger partial charge in [-0.1, -0.05) is 88.7 Å². The molecule has 4 rings (SSSR count). The van der Waals surface area contributed by atoms with Crippen molar-refractivity contribution in [2.45, 2.75) is 26.6 Å². The van der Waals surface area contributed by atoms with Gasteiger partial charge in [-0.05, 0) is 30.2 Å². The van der Waals surface area contributed by atoms with Gasteiger partial charge in [0.1, 0.15) is 16.1 Å². The molecule has 31 heavy (non-hydrogen) atoms. The number of nitrogens with one attached hydrogen (secondary N) is 1. The lowest BCUT2D eigenvalue weighted by atomic mass is 10.1. The molecule has 1 atom stereocenters. The highest BCUT2D eigenvalue weighted by Crippen LogP contribution is 2.38. The fraction of sp³-hybridized carbons (Fsp3) is 0.150. The highest BCUT2D eigenvalue weighted by atomic mass is 32.2. The molecule has 158 valence electrons. The molecule has 1 amide bonds. The Hall–Kier alpha value is -2.34. The van der Waals surface area contributed by atoms with Crippen LogP contribution in [0.3, 0.4) is 0 Å². The summed E-state index contributed by atoms with van der Waals surface area (Å²) in [5.41, 5.74) is 1.85. The van der Waals surface area contributed by atoms with E-state index in [-0.39, 0.29) is 11.7 Å². The second-order valence-corrected chi connectivity index (χ2v) is 11.0. The van der Waals surface area contributed by atoms with Gasteiger partial charge in [0.25, 0.3) is 0 Å². The van der Waals surface area contributed by atoms with Crippen LogP contribution in [0.2, 0.25) is 0 Å². The van der Waals surface area contributed by atoms with E-state index >= 15 is 0 Å². The molecule has 6 nitrogen and oxygen atoms in total. The normalized spacial score (nSPS) is 11.9. The molecule has 1 N–H and O–H groups in total. The number of aryl methyl sites for hydroxylation is 1. The monoisotopic (exact) mass is 489 g/mol. The predicted molar refractivity (Wildman–Crippen MR) is 124 cm³/mol. The van der Waals surface area contributed by atoms with Crippen LogP contribution in [-0.4, -0.2) is 26.3 Å². The molecule has 0 aliphatic rings. The molecule has 4 aromatic rings. The lowest BCUT2D eigenvalue weighted by molar-refractivity contribution is -0.115. The fourth-order valence-electron chi connectivity index (χ4n) is 2.54. The van der Waals surface area contributed by atoms with E-state index in [1.54, 1.807) is 12.1 Å². The van der Waals surface area contributed by atoms with E-state index in [4.69, 9.17) is 0 Å². The molecule has 2 heterocycles. The molecule has 2 aromatic heterocycles. The van der Waals surface area contributed by atoms with Crippen molar-refractivity contribution in [3.05, 3.63) is 76.5 Å². The lowest BCUT2D eigenvalue weighted by Crippen LogP contribution is -2.18. The van der Waals surface area contributed by atoms with E-state index in [1.165, 1.54) is 58.3 Å². The second kappa shape index (κ2) is 10.3. The number of aromatic nitrogens is 4. The lowest BCUT2D eigenvalue weighted by Gasteiger charge is -2.14. The Balaban J connectivity index is 1.42. The topological polar surface area (TPSA) is 80.7 Å². The molecular weight excluding hydrogens is 474 g/mol. The van der Waals surface area contributed by atoms with Gasteiger partial charge in [0.2, 0.25) is 11.0 Å². The van der Waals surface area contributed by atoms with Crippen LogP contribution in [-0.2, 0) is 10.5 Å². The number of anilines is 1. The maximum absolute atomic E-state index is 13.1. The Morgan fingerprint density at radius 3 is 2.45 bits per heavy atom. The molecule has 0 unspecified atom stereocenters. The van der Waals surface area contributed by atoms with Crippen molar-refractivity contribution in [3.8, 4) is 0 Å². The van der Waals surface area contributed by atoms with Crippen molar-refractivity contribution < 1.29 is 9.18 Å².